The van der Waals surface area contributed by atoms with E-state index in [4.69, 9.17) is 4.52 Å². The van der Waals surface area contributed by atoms with Crippen LogP contribution in [0.15, 0.2) is 89.5 Å². The van der Waals surface area contributed by atoms with Crippen molar-refractivity contribution in [3.05, 3.63) is 108 Å². The summed E-state index contributed by atoms with van der Waals surface area (Å²) in [6.45, 7) is 2.23. The van der Waals surface area contributed by atoms with Crippen molar-refractivity contribution in [2.75, 3.05) is 0 Å². The average Bonchev–Trinajstić information content (AvgIpc) is 3.27. The van der Waals surface area contributed by atoms with Crippen LogP contribution in [-0.2, 0) is 11.3 Å². The Hall–Kier alpha value is -3.73. The number of nitrogens with zero attached hydrogens (tertiary/aromatic N) is 2. The third kappa shape index (κ3) is 4.81. The minimum absolute atomic E-state index is 0.0156. The maximum absolute atomic E-state index is 12.7. The SMILES string of the molecule is Cc1ccc(-c2noc(CNC(=O)CC(c3ccccc3)c3ccccc3)n2)cc1. The molecule has 1 N–H and O–H groups in total. The fourth-order valence-corrected chi connectivity index (χ4v) is 3.38. The molecule has 0 unspecified atom stereocenters. The second-order valence-electron chi connectivity index (χ2n) is 7.23. The molecule has 4 aromatic rings. The van der Waals surface area contributed by atoms with E-state index in [9.17, 15) is 4.79 Å². The molecule has 4 rings (SSSR count). The van der Waals surface area contributed by atoms with Crippen LogP contribution >= 0.6 is 0 Å². The fourth-order valence-electron chi connectivity index (χ4n) is 3.38. The highest BCUT2D eigenvalue weighted by Gasteiger charge is 2.18. The lowest BCUT2D eigenvalue weighted by Crippen LogP contribution is -2.25. The molecule has 0 aliphatic carbocycles. The van der Waals surface area contributed by atoms with Crippen molar-refractivity contribution in [3.63, 3.8) is 0 Å². The molecular weight excluding hydrogens is 374 g/mol. The summed E-state index contributed by atoms with van der Waals surface area (Å²) in [7, 11) is 0. The maximum atomic E-state index is 12.7. The highest BCUT2D eigenvalue weighted by Crippen LogP contribution is 2.27. The van der Waals surface area contributed by atoms with E-state index in [1.807, 2.05) is 67.6 Å². The number of aryl methyl sites for hydroxylation is 1. The molecule has 3 aromatic carbocycles. The van der Waals surface area contributed by atoms with E-state index in [-0.39, 0.29) is 18.4 Å². The van der Waals surface area contributed by atoms with Crippen LogP contribution < -0.4 is 5.32 Å². The van der Waals surface area contributed by atoms with Crippen molar-refractivity contribution < 1.29 is 9.32 Å². The van der Waals surface area contributed by atoms with E-state index in [1.165, 1.54) is 5.56 Å². The zero-order chi connectivity index (χ0) is 20.8. The Balaban J connectivity index is 1.41. The molecule has 1 amide bonds. The average molecular weight is 397 g/mol. The molecule has 0 bridgehead atoms. The second-order valence-corrected chi connectivity index (χ2v) is 7.23. The van der Waals surface area contributed by atoms with Crippen LogP contribution in [0.25, 0.3) is 11.4 Å². The molecule has 0 aliphatic heterocycles. The number of amides is 1. The highest BCUT2D eigenvalue weighted by molar-refractivity contribution is 5.77. The molecule has 1 aromatic heterocycles. The van der Waals surface area contributed by atoms with Gasteiger partial charge in [0, 0.05) is 17.9 Å². The number of carbonyl (C=O) groups is 1. The summed E-state index contributed by atoms with van der Waals surface area (Å²) >= 11 is 0. The van der Waals surface area contributed by atoms with Gasteiger partial charge in [-0.1, -0.05) is 95.6 Å². The van der Waals surface area contributed by atoms with E-state index in [1.54, 1.807) is 0 Å². The Morgan fingerprint density at radius 2 is 1.50 bits per heavy atom. The second kappa shape index (κ2) is 9.18. The normalized spacial score (nSPS) is 10.9. The number of benzene rings is 3. The smallest absolute Gasteiger partial charge is 0.246 e. The minimum Gasteiger partial charge on any atom is -0.347 e. The van der Waals surface area contributed by atoms with Gasteiger partial charge in [-0.3, -0.25) is 4.79 Å². The zero-order valence-electron chi connectivity index (χ0n) is 16.8. The Labute approximate surface area is 175 Å². The van der Waals surface area contributed by atoms with Crippen LogP contribution in [0.5, 0.6) is 0 Å². The van der Waals surface area contributed by atoms with Crippen LogP contribution in [0.3, 0.4) is 0 Å². The van der Waals surface area contributed by atoms with Crippen molar-refractivity contribution in [2.24, 2.45) is 0 Å². The van der Waals surface area contributed by atoms with Crippen LogP contribution in [0.1, 0.15) is 34.9 Å². The molecule has 30 heavy (non-hydrogen) atoms. The summed E-state index contributed by atoms with van der Waals surface area (Å²) in [5.41, 5.74) is 4.27. The van der Waals surface area contributed by atoms with Gasteiger partial charge >= 0.3 is 0 Å². The fraction of sp³-hybridized carbons (Fsp3) is 0.160. The summed E-state index contributed by atoms with van der Waals surface area (Å²) in [5, 5.41) is 6.92. The van der Waals surface area contributed by atoms with Crippen molar-refractivity contribution in [1.82, 2.24) is 15.5 Å². The number of aromatic nitrogens is 2. The first-order valence-electron chi connectivity index (χ1n) is 9.95. The van der Waals surface area contributed by atoms with Gasteiger partial charge in [-0.25, -0.2) is 0 Å². The highest BCUT2D eigenvalue weighted by atomic mass is 16.5. The number of nitrogens with one attached hydrogen (secondary N) is 1. The molecule has 5 heteroatoms. The van der Waals surface area contributed by atoms with Gasteiger partial charge in [-0.2, -0.15) is 4.98 Å². The predicted molar refractivity (Wildman–Crippen MR) is 116 cm³/mol. The Morgan fingerprint density at radius 1 is 0.900 bits per heavy atom. The monoisotopic (exact) mass is 397 g/mol. The first-order valence-corrected chi connectivity index (χ1v) is 9.95. The third-order valence-corrected chi connectivity index (χ3v) is 5.01. The number of hydrogen-bond donors (Lipinski definition) is 1. The van der Waals surface area contributed by atoms with E-state index in [2.05, 4.69) is 39.7 Å². The summed E-state index contributed by atoms with van der Waals surface area (Å²) in [5.74, 6) is 0.821. The van der Waals surface area contributed by atoms with Crippen LogP contribution in [-0.4, -0.2) is 16.0 Å². The van der Waals surface area contributed by atoms with E-state index in [0.29, 0.717) is 18.1 Å². The summed E-state index contributed by atoms with van der Waals surface area (Å²) in [6, 6.07) is 28.0. The van der Waals surface area contributed by atoms with E-state index < -0.39 is 0 Å². The lowest BCUT2D eigenvalue weighted by molar-refractivity contribution is -0.121. The van der Waals surface area contributed by atoms with Gasteiger partial charge in [0.1, 0.15) is 0 Å². The lowest BCUT2D eigenvalue weighted by Gasteiger charge is -2.17. The van der Waals surface area contributed by atoms with Crippen molar-refractivity contribution in [2.45, 2.75) is 25.8 Å². The molecule has 0 atom stereocenters. The summed E-state index contributed by atoms with van der Waals surface area (Å²) < 4.78 is 5.30. The molecule has 0 aliphatic rings. The van der Waals surface area contributed by atoms with Crippen LogP contribution in [0.4, 0.5) is 0 Å². The number of rotatable bonds is 7. The zero-order valence-corrected chi connectivity index (χ0v) is 16.8. The Kier molecular flexibility index (Phi) is 5.99. The molecule has 0 radical (unpaired) electrons. The third-order valence-electron chi connectivity index (χ3n) is 5.01. The van der Waals surface area contributed by atoms with Gasteiger partial charge < -0.3 is 9.84 Å². The van der Waals surface area contributed by atoms with Gasteiger partial charge in [-0.05, 0) is 18.1 Å². The molecular formula is C25H23N3O2. The molecule has 5 nitrogen and oxygen atoms in total. The molecule has 0 fully saturated rings. The van der Waals surface area contributed by atoms with Crippen molar-refractivity contribution in [3.8, 4) is 11.4 Å². The van der Waals surface area contributed by atoms with Gasteiger partial charge in [-0.15, -0.1) is 0 Å². The summed E-state index contributed by atoms with van der Waals surface area (Å²) in [4.78, 5) is 17.1. The topological polar surface area (TPSA) is 68.0 Å². The predicted octanol–water partition coefficient (Wildman–Crippen LogP) is 4.88. The molecule has 150 valence electrons. The quantitative estimate of drug-likeness (QED) is 0.482. The maximum Gasteiger partial charge on any atom is 0.246 e. The molecule has 0 saturated heterocycles. The molecule has 0 spiro atoms. The summed E-state index contributed by atoms with van der Waals surface area (Å²) in [6.07, 6.45) is 0.340. The number of hydrogen-bond acceptors (Lipinski definition) is 4. The molecule has 0 saturated carbocycles. The standard InChI is InChI=1S/C25H23N3O2/c1-18-12-14-21(15-13-18)25-27-24(30-28-25)17-26-23(29)16-22(19-8-4-2-5-9-19)20-10-6-3-7-11-20/h2-15,22H,16-17H2,1H3,(H,26,29). The van der Waals surface area contributed by atoms with E-state index in [0.717, 1.165) is 16.7 Å². The van der Waals surface area contributed by atoms with Crippen LogP contribution in [0, 0.1) is 6.92 Å². The van der Waals surface area contributed by atoms with Crippen molar-refractivity contribution in [1.29, 1.82) is 0 Å². The van der Waals surface area contributed by atoms with Crippen LogP contribution in [0.2, 0.25) is 0 Å². The Bertz CT molecular complexity index is 1050. The van der Waals surface area contributed by atoms with Gasteiger partial charge in [0.05, 0.1) is 6.54 Å². The van der Waals surface area contributed by atoms with E-state index >= 15 is 0 Å². The minimum atomic E-state index is -0.0669. The number of carbonyl (C=O) groups excluding carboxylic acids is 1. The van der Waals surface area contributed by atoms with Gasteiger partial charge in [0.25, 0.3) is 0 Å². The first-order chi connectivity index (χ1) is 14.7. The van der Waals surface area contributed by atoms with Gasteiger partial charge in [0.15, 0.2) is 0 Å². The molecule has 1 heterocycles. The lowest BCUT2D eigenvalue weighted by atomic mass is 9.88. The van der Waals surface area contributed by atoms with Gasteiger partial charge in [0.2, 0.25) is 17.6 Å². The largest absolute Gasteiger partial charge is 0.347 e. The Morgan fingerprint density at radius 3 is 2.10 bits per heavy atom. The van der Waals surface area contributed by atoms with Crippen molar-refractivity contribution >= 4 is 5.91 Å². The first kappa shape index (κ1) is 19.6.